The minimum absolute atomic E-state index is 0.325. The summed E-state index contributed by atoms with van der Waals surface area (Å²) in [4.78, 5) is 11.6. The summed E-state index contributed by atoms with van der Waals surface area (Å²) < 4.78 is 4.74. The van der Waals surface area contributed by atoms with E-state index >= 15 is 0 Å². The molecule has 0 heterocycles. The summed E-state index contributed by atoms with van der Waals surface area (Å²) in [6.07, 6.45) is 0. The maximum atomic E-state index is 11.6. The predicted molar refractivity (Wildman–Crippen MR) is 119 cm³/mol. The first-order valence-corrected chi connectivity index (χ1v) is 9.67. The maximum Gasteiger partial charge on any atom is 0.337 e. The highest BCUT2D eigenvalue weighted by atomic mass is 35.5. The van der Waals surface area contributed by atoms with Gasteiger partial charge in [-0.1, -0.05) is 84.4 Å². The highest BCUT2D eigenvalue weighted by molar-refractivity contribution is 6.30. The number of carbonyl (C=O) groups excluding carboxylic acids is 1. The van der Waals surface area contributed by atoms with Crippen LogP contribution in [0.1, 0.15) is 10.4 Å². The van der Waals surface area contributed by atoms with Gasteiger partial charge in [-0.15, -0.1) is 0 Å². The largest absolute Gasteiger partial charge is 0.465 e. The lowest BCUT2D eigenvalue weighted by atomic mass is 9.98. The van der Waals surface area contributed by atoms with Gasteiger partial charge >= 0.3 is 5.97 Å². The van der Waals surface area contributed by atoms with Crippen LogP contribution in [0.3, 0.4) is 0 Å². The quantitative estimate of drug-likeness (QED) is 0.342. The van der Waals surface area contributed by atoms with Crippen molar-refractivity contribution in [1.82, 2.24) is 0 Å². The van der Waals surface area contributed by atoms with Crippen molar-refractivity contribution >= 4 is 17.6 Å². The topological polar surface area (TPSA) is 26.3 Å². The molecule has 0 amide bonds. The van der Waals surface area contributed by atoms with E-state index in [1.54, 1.807) is 12.1 Å². The highest BCUT2D eigenvalue weighted by Gasteiger charge is 2.06. The lowest BCUT2D eigenvalue weighted by molar-refractivity contribution is 0.0601. The van der Waals surface area contributed by atoms with Crippen molar-refractivity contribution in [2.45, 2.75) is 0 Å². The van der Waals surface area contributed by atoms with Crippen molar-refractivity contribution < 1.29 is 9.53 Å². The van der Waals surface area contributed by atoms with Crippen LogP contribution in [0.25, 0.3) is 33.4 Å². The molecule has 0 fully saturated rings. The number of benzene rings is 4. The fourth-order valence-electron chi connectivity index (χ4n) is 3.27. The summed E-state index contributed by atoms with van der Waals surface area (Å²) in [6.45, 7) is 0. The number of ether oxygens (including phenoxy) is 1. The molecule has 3 heteroatoms. The second kappa shape index (κ2) is 8.34. The molecule has 0 spiro atoms. The van der Waals surface area contributed by atoms with Gasteiger partial charge in [0.05, 0.1) is 12.7 Å². The van der Waals surface area contributed by atoms with Crippen molar-refractivity contribution in [2.75, 3.05) is 7.11 Å². The number of halogens is 1. The molecular formula is C26H19ClO2. The molecule has 0 saturated carbocycles. The Labute approximate surface area is 175 Å². The van der Waals surface area contributed by atoms with E-state index in [0.717, 1.165) is 38.4 Å². The molecule has 0 unspecified atom stereocenters. The monoisotopic (exact) mass is 398 g/mol. The van der Waals surface area contributed by atoms with E-state index in [0.29, 0.717) is 5.56 Å². The molecule has 0 aliphatic heterocycles. The van der Waals surface area contributed by atoms with Crippen molar-refractivity contribution in [1.29, 1.82) is 0 Å². The predicted octanol–water partition coefficient (Wildman–Crippen LogP) is 7.13. The Morgan fingerprint density at radius 3 is 1.14 bits per heavy atom. The molecule has 0 N–H and O–H groups in total. The van der Waals surface area contributed by atoms with Crippen LogP contribution in [0.5, 0.6) is 0 Å². The Morgan fingerprint density at radius 1 is 0.552 bits per heavy atom. The normalized spacial score (nSPS) is 10.6. The van der Waals surface area contributed by atoms with Gasteiger partial charge in [0.2, 0.25) is 0 Å². The van der Waals surface area contributed by atoms with E-state index in [4.69, 9.17) is 16.3 Å². The number of hydrogen-bond donors (Lipinski definition) is 0. The number of esters is 1. The van der Waals surface area contributed by atoms with Gasteiger partial charge in [-0.25, -0.2) is 4.79 Å². The summed E-state index contributed by atoms with van der Waals surface area (Å²) in [5.41, 5.74) is 7.33. The van der Waals surface area contributed by atoms with Crippen LogP contribution >= 0.6 is 11.6 Å². The fraction of sp³-hybridized carbons (Fsp3) is 0.0385. The first-order valence-electron chi connectivity index (χ1n) is 9.29. The average Bonchev–Trinajstić information content (AvgIpc) is 2.79. The fourth-order valence-corrected chi connectivity index (χ4v) is 3.40. The van der Waals surface area contributed by atoms with Gasteiger partial charge in [0.15, 0.2) is 0 Å². The number of rotatable bonds is 4. The van der Waals surface area contributed by atoms with Crippen LogP contribution in [-0.2, 0) is 4.74 Å². The van der Waals surface area contributed by atoms with Gasteiger partial charge in [0.25, 0.3) is 0 Å². The SMILES string of the molecule is COC(=O)c1ccc(-c2ccc(-c3ccc(-c4ccc(Cl)cc4)cc3)cc2)cc1. The molecule has 4 aromatic rings. The maximum absolute atomic E-state index is 11.6. The molecule has 0 atom stereocenters. The lowest BCUT2D eigenvalue weighted by Gasteiger charge is -2.07. The molecule has 0 saturated heterocycles. The van der Waals surface area contributed by atoms with Crippen LogP contribution < -0.4 is 0 Å². The Hall–Kier alpha value is -3.36. The Morgan fingerprint density at radius 2 is 0.828 bits per heavy atom. The minimum atomic E-state index is -0.325. The summed E-state index contributed by atoms with van der Waals surface area (Å²) in [6, 6.07) is 32.2. The third kappa shape index (κ3) is 4.23. The van der Waals surface area contributed by atoms with Crippen molar-refractivity contribution in [3.05, 3.63) is 108 Å². The third-order valence-corrected chi connectivity index (χ3v) is 5.17. The second-order valence-electron chi connectivity index (χ2n) is 6.73. The zero-order chi connectivity index (χ0) is 20.2. The zero-order valence-corrected chi connectivity index (χ0v) is 16.7. The molecule has 29 heavy (non-hydrogen) atoms. The Bertz CT molecular complexity index is 1110. The van der Waals surface area contributed by atoms with E-state index < -0.39 is 0 Å². The molecule has 0 bridgehead atoms. The highest BCUT2D eigenvalue weighted by Crippen LogP contribution is 2.28. The summed E-state index contributed by atoms with van der Waals surface area (Å²) in [5.74, 6) is -0.325. The smallest absolute Gasteiger partial charge is 0.337 e. The molecule has 2 nitrogen and oxygen atoms in total. The summed E-state index contributed by atoms with van der Waals surface area (Å²) in [7, 11) is 1.39. The molecular weight excluding hydrogens is 380 g/mol. The standard InChI is InChI=1S/C26H19ClO2/c1-29-26(28)24-12-10-22(11-13-24)20-4-2-18(3-5-20)19-6-8-21(9-7-19)23-14-16-25(27)17-15-23/h2-17H,1H3. The van der Waals surface area contributed by atoms with Crippen LogP contribution in [-0.4, -0.2) is 13.1 Å². The first-order chi connectivity index (χ1) is 14.1. The summed E-state index contributed by atoms with van der Waals surface area (Å²) >= 11 is 5.97. The number of carbonyl (C=O) groups is 1. The van der Waals surface area contributed by atoms with E-state index in [1.165, 1.54) is 7.11 Å². The van der Waals surface area contributed by atoms with Crippen LogP contribution in [0.2, 0.25) is 5.02 Å². The van der Waals surface area contributed by atoms with E-state index in [2.05, 4.69) is 48.5 Å². The van der Waals surface area contributed by atoms with Gasteiger partial charge < -0.3 is 4.74 Å². The van der Waals surface area contributed by atoms with Crippen molar-refractivity contribution in [3.8, 4) is 33.4 Å². The molecule has 0 aliphatic rings. The van der Waals surface area contributed by atoms with Crippen LogP contribution in [0.4, 0.5) is 0 Å². The molecule has 142 valence electrons. The van der Waals surface area contributed by atoms with E-state index in [1.807, 2.05) is 36.4 Å². The zero-order valence-electron chi connectivity index (χ0n) is 15.9. The van der Waals surface area contributed by atoms with Crippen molar-refractivity contribution in [2.24, 2.45) is 0 Å². The molecule has 4 aromatic carbocycles. The lowest BCUT2D eigenvalue weighted by Crippen LogP contribution is -2.00. The van der Waals surface area contributed by atoms with E-state index in [9.17, 15) is 4.79 Å². The van der Waals surface area contributed by atoms with Gasteiger partial charge in [-0.05, 0) is 57.6 Å². The Balaban J connectivity index is 1.53. The van der Waals surface area contributed by atoms with Crippen LogP contribution in [0, 0.1) is 0 Å². The molecule has 0 aromatic heterocycles. The van der Waals surface area contributed by atoms with Crippen molar-refractivity contribution in [3.63, 3.8) is 0 Å². The number of methoxy groups -OCH3 is 1. The molecule has 0 aliphatic carbocycles. The van der Waals surface area contributed by atoms with Gasteiger partial charge in [-0.3, -0.25) is 0 Å². The van der Waals surface area contributed by atoms with Crippen LogP contribution in [0.15, 0.2) is 97.1 Å². The second-order valence-corrected chi connectivity index (χ2v) is 7.17. The minimum Gasteiger partial charge on any atom is -0.465 e. The Kier molecular flexibility index (Phi) is 5.46. The number of hydrogen-bond acceptors (Lipinski definition) is 2. The third-order valence-electron chi connectivity index (χ3n) is 4.92. The van der Waals surface area contributed by atoms with Gasteiger partial charge in [0.1, 0.15) is 0 Å². The molecule has 4 rings (SSSR count). The molecule has 0 radical (unpaired) electrons. The first kappa shape index (κ1) is 19.0. The van der Waals surface area contributed by atoms with Gasteiger partial charge in [-0.2, -0.15) is 0 Å². The van der Waals surface area contributed by atoms with Gasteiger partial charge in [0, 0.05) is 5.02 Å². The van der Waals surface area contributed by atoms with E-state index in [-0.39, 0.29) is 5.97 Å². The average molecular weight is 399 g/mol. The summed E-state index contributed by atoms with van der Waals surface area (Å²) in [5, 5.41) is 0.741.